The number of carbonyl (C=O) groups is 2. The summed E-state index contributed by atoms with van der Waals surface area (Å²) in [7, 11) is 0. The first-order chi connectivity index (χ1) is 17.4. The summed E-state index contributed by atoms with van der Waals surface area (Å²) >= 11 is 0. The lowest BCUT2D eigenvalue weighted by Crippen LogP contribution is -2.51. The lowest BCUT2D eigenvalue weighted by molar-refractivity contribution is -0.178. The Morgan fingerprint density at radius 1 is 1.14 bits per heavy atom. The normalized spacial score (nSPS) is 26.2. The van der Waals surface area contributed by atoms with E-state index in [2.05, 4.69) is 9.80 Å². The van der Waals surface area contributed by atoms with Gasteiger partial charge in [-0.1, -0.05) is 0 Å². The highest BCUT2D eigenvalue weighted by Gasteiger charge is 2.45. The first-order valence-electron chi connectivity index (χ1n) is 13.4. The highest BCUT2D eigenvalue weighted by molar-refractivity contribution is 5.89. The smallest absolute Gasteiger partial charge is 0.310 e. The van der Waals surface area contributed by atoms with Gasteiger partial charge in [0.25, 0.3) is 5.91 Å². The van der Waals surface area contributed by atoms with Gasteiger partial charge >= 0.3 is 5.97 Å². The molecule has 2 aliphatic heterocycles. The van der Waals surface area contributed by atoms with Crippen LogP contribution in [0.4, 0.5) is 5.82 Å². The van der Waals surface area contributed by atoms with Gasteiger partial charge in [-0.2, -0.15) is 0 Å². The van der Waals surface area contributed by atoms with Crippen molar-refractivity contribution in [2.45, 2.75) is 57.5 Å². The molecule has 1 amide bonds. The number of anilines is 1. The van der Waals surface area contributed by atoms with E-state index in [4.69, 9.17) is 24.6 Å². The number of carbonyl (C=O) groups excluding carboxylic acids is 2. The number of fused-ring (bicyclic) bond motifs is 1. The fourth-order valence-electron chi connectivity index (χ4n) is 5.90. The fraction of sp³-hybridized carbons (Fsp3) is 0.667. The van der Waals surface area contributed by atoms with Crippen molar-refractivity contribution >= 4 is 28.7 Å². The highest BCUT2D eigenvalue weighted by Crippen LogP contribution is 2.38. The van der Waals surface area contributed by atoms with Crippen LogP contribution in [0.25, 0.3) is 11.0 Å². The van der Waals surface area contributed by atoms with E-state index in [1.807, 2.05) is 19.1 Å². The zero-order valence-corrected chi connectivity index (χ0v) is 21.2. The lowest BCUT2D eigenvalue weighted by Gasteiger charge is -2.39. The molecule has 9 heteroatoms. The molecule has 196 valence electrons. The van der Waals surface area contributed by atoms with Crippen molar-refractivity contribution in [1.82, 2.24) is 9.88 Å². The Morgan fingerprint density at radius 3 is 2.56 bits per heavy atom. The number of furan rings is 1. The van der Waals surface area contributed by atoms with Crippen molar-refractivity contribution < 1.29 is 23.5 Å². The first kappa shape index (κ1) is 25.0. The molecule has 0 aromatic carbocycles. The van der Waals surface area contributed by atoms with E-state index < -0.39 is 11.5 Å². The summed E-state index contributed by atoms with van der Waals surface area (Å²) in [5.74, 6) is 0.550. The first-order valence-corrected chi connectivity index (χ1v) is 13.4. The van der Waals surface area contributed by atoms with Crippen molar-refractivity contribution in [3.63, 3.8) is 0 Å². The Bertz CT molecular complexity index is 1060. The lowest BCUT2D eigenvalue weighted by atomic mass is 9.76. The van der Waals surface area contributed by atoms with Crippen LogP contribution in [0.2, 0.25) is 0 Å². The van der Waals surface area contributed by atoms with Crippen molar-refractivity contribution in [2.24, 2.45) is 17.6 Å². The number of nitrogens with zero attached hydrogens (tertiary/aromatic N) is 3. The minimum Gasteiger partial charge on any atom is -0.464 e. The number of rotatable bonds is 7. The van der Waals surface area contributed by atoms with E-state index >= 15 is 0 Å². The molecule has 5 rings (SSSR count). The number of esters is 1. The Kier molecular flexibility index (Phi) is 7.48. The van der Waals surface area contributed by atoms with Gasteiger partial charge in [-0.3, -0.25) is 14.5 Å². The molecule has 0 radical (unpaired) electrons. The molecule has 0 atom stereocenters. The molecule has 3 fully saturated rings. The number of hydrogen-bond acceptors (Lipinski definition) is 8. The van der Waals surface area contributed by atoms with E-state index in [1.165, 1.54) is 0 Å². The van der Waals surface area contributed by atoms with Crippen LogP contribution in [0.3, 0.4) is 0 Å². The Balaban J connectivity index is 1.09. The quantitative estimate of drug-likeness (QED) is 0.580. The summed E-state index contributed by atoms with van der Waals surface area (Å²) in [6, 6.07) is 3.98. The van der Waals surface area contributed by atoms with Crippen LogP contribution in [0, 0.1) is 18.8 Å². The standard InChI is InChI=1S/C27H38N4O5/c1-19-18-23-22(7-17-35-23)24(29-19)31-13-11-30(12-14-31)10-4-20-2-8-27(9-3-20,26(28)33)36-25(32)21-5-15-34-16-6-21/h7,17-18,20-21H,2-6,8-16H2,1H3,(H2,28,33). The van der Waals surface area contributed by atoms with Gasteiger partial charge in [0, 0.05) is 51.2 Å². The SMILES string of the molecule is Cc1cc2occc2c(N2CCN(CCC3CCC(OC(=O)C4CCOCC4)(C(N)=O)CC3)CC2)n1. The second kappa shape index (κ2) is 10.8. The maximum Gasteiger partial charge on any atom is 0.310 e. The number of piperazine rings is 1. The van der Waals surface area contributed by atoms with Crippen LogP contribution in [0.5, 0.6) is 0 Å². The monoisotopic (exact) mass is 498 g/mol. The number of aryl methyl sites for hydroxylation is 1. The minimum absolute atomic E-state index is 0.189. The molecule has 4 heterocycles. The van der Waals surface area contributed by atoms with Gasteiger partial charge in [-0.25, -0.2) is 4.98 Å². The molecule has 2 aromatic rings. The summed E-state index contributed by atoms with van der Waals surface area (Å²) in [4.78, 5) is 34.7. The van der Waals surface area contributed by atoms with Gasteiger partial charge in [0.05, 0.1) is 17.6 Å². The van der Waals surface area contributed by atoms with Gasteiger partial charge in [-0.05, 0) is 70.4 Å². The zero-order valence-electron chi connectivity index (χ0n) is 21.2. The number of amides is 1. The third kappa shape index (κ3) is 5.37. The molecule has 0 bridgehead atoms. The molecule has 9 nitrogen and oxygen atoms in total. The number of aromatic nitrogens is 1. The average molecular weight is 499 g/mol. The molecule has 0 spiro atoms. The van der Waals surface area contributed by atoms with Crippen LogP contribution in [-0.4, -0.2) is 73.3 Å². The van der Waals surface area contributed by atoms with E-state index in [0.29, 0.717) is 44.8 Å². The van der Waals surface area contributed by atoms with Crippen molar-refractivity contribution in [2.75, 3.05) is 50.8 Å². The van der Waals surface area contributed by atoms with Gasteiger partial charge in [0.15, 0.2) is 5.60 Å². The van der Waals surface area contributed by atoms with Gasteiger partial charge < -0.3 is 24.5 Å². The third-order valence-corrected chi connectivity index (χ3v) is 8.30. The van der Waals surface area contributed by atoms with Crippen LogP contribution < -0.4 is 10.6 Å². The van der Waals surface area contributed by atoms with E-state index in [1.54, 1.807) is 6.26 Å². The van der Waals surface area contributed by atoms with Crippen LogP contribution in [0.15, 0.2) is 22.8 Å². The minimum atomic E-state index is -1.14. The van der Waals surface area contributed by atoms with Crippen molar-refractivity contribution in [3.8, 4) is 0 Å². The number of pyridine rings is 1. The predicted octanol–water partition coefficient (Wildman–Crippen LogP) is 3.03. The van der Waals surface area contributed by atoms with Crippen LogP contribution >= 0.6 is 0 Å². The third-order valence-electron chi connectivity index (χ3n) is 8.30. The topological polar surface area (TPSA) is 111 Å². The molecule has 2 N–H and O–H groups in total. The molecule has 1 saturated carbocycles. The van der Waals surface area contributed by atoms with Gasteiger partial charge in [0.2, 0.25) is 0 Å². The summed E-state index contributed by atoms with van der Waals surface area (Å²) in [5, 5.41) is 1.08. The largest absolute Gasteiger partial charge is 0.464 e. The highest BCUT2D eigenvalue weighted by atomic mass is 16.6. The second-order valence-electron chi connectivity index (χ2n) is 10.6. The van der Waals surface area contributed by atoms with E-state index in [9.17, 15) is 9.59 Å². The number of hydrogen-bond donors (Lipinski definition) is 1. The number of ether oxygens (including phenoxy) is 2. The number of nitrogens with two attached hydrogens (primary N) is 1. The molecule has 3 aliphatic rings. The maximum atomic E-state index is 12.7. The summed E-state index contributed by atoms with van der Waals surface area (Å²) in [5.41, 5.74) is 6.47. The van der Waals surface area contributed by atoms with Crippen molar-refractivity contribution in [1.29, 1.82) is 0 Å². The fourth-order valence-corrected chi connectivity index (χ4v) is 5.90. The Labute approximate surface area is 212 Å². The molecule has 1 aliphatic carbocycles. The summed E-state index contributed by atoms with van der Waals surface area (Å²) in [6.07, 6.45) is 6.87. The Hall–Kier alpha value is -2.65. The summed E-state index contributed by atoms with van der Waals surface area (Å²) in [6.45, 7) is 8.04. The second-order valence-corrected chi connectivity index (χ2v) is 10.6. The number of primary amides is 1. The van der Waals surface area contributed by atoms with Crippen molar-refractivity contribution in [3.05, 3.63) is 24.1 Å². The summed E-state index contributed by atoms with van der Waals surface area (Å²) < 4.78 is 16.7. The molecule has 2 aromatic heterocycles. The van der Waals surface area contributed by atoms with E-state index in [0.717, 1.165) is 74.5 Å². The average Bonchev–Trinajstić information content (AvgIpc) is 3.37. The van der Waals surface area contributed by atoms with Gasteiger partial charge in [-0.15, -0.1) is 0 Å². The molecule has 2 saturated heterocycles. The molecule has 0 unspecified atom stereocenters. The van der Waals surface area contributed by atoms with E-state index in [-0.39, 0.29) is 11.9 Å². The van der Waals surface area contributed by atoms with Crippen LogP contribution in [0.1, 0.15) is 50.6 Å². The zero-order chi connectivity index (χ0) is 25.1. The maximum absolute atomic E-state index is 12.7. The predicted molar refractivity (Wildman–Crippen MR) is 136 cm³/mol. The Morgan fingerprint density at radius 2 is 1.86 bits per heavy atom. The molecule has 36 heavy (non-hydrogen) atoms. The van der Waals surface area contributed by atoms with Gasteiger partial charge in [0.1, 0.15) is 11.4 Å². The molecular formula is C27H38N4O5. The molecular weight excluding hydrogens is 460 g/mol. The van der Waals surface area contributed by atoms with Crippen LogP contribution in [-0.2, 0) is 19.1 Å².